The van der Waals surface area contributed by atoms with Crippen LogP contribution in [0.1, 0.15) is 34.5 Å². The molecule has 0 atom stereocenters. The second-order valence-corrected chi connectivity index (χ2v) is 6.47. The Labute approximate surface area is 152 Å². The number of aromatic amines is 2. The number of ether oxygens (including phenoxy) is 1. The van der Waals surface area contributed by atoms with Gasteiger partial charge in [0.15, 0.2) is 0 Å². The Hall–Kier alpha value is -3.02. The highest BCUT2D eigenvalue weighted by Gasteiger charge is 2.25. The SMILES string of the molecule is CCc1ccc(C(=O)N2CCc3nc(-c4ccc(OC)cc4)[nH]c3C2)[nH]1. The smallest absolute Gasteiger partial charge is 0.270 e. The van der Waals surface area contributed by atoms with Crippen LogP contribution < -0.4 is 4.74 Å². The number of aryl methyl sites for hydroxylation is 1. The largest absolute Gasteiger partial charge is 0.497 e. The number of rotatable bonds is 4. The number of carbonyl (C=O) groups is 1. The van der Waals surface area contributed by atoms with Gasteiger partial charge in [-0.25, -0.2) is 4.98 Å². The molecule has 0 saturated heterocycles. The summed E-state index contributed by atoms with van der Waals surface area (Å²) in [5, 5.41) is 0. The van der Waals surface area contributed by atoms with Crippen molar-refractivity contribution in [2.45, 2.75) is 26.3 Å². The Bertz CT molecular complexity index is 924. The van der Waals surface area contributed by atoms with Gasteiger partial charge in [-0.2, -0.15) is 0 Å². The summed E-state index contributed by atoms with van der Waals surface area (Å²) in [6, 6.07) is 11.6. The third kappa shape index (κ3) is 2.98. The zero-order chi connectivity index (χ0) is 18.1. The van der Waals surface area contributed by atoms with E-state index in [4.69, 9.17) is 9.72 Å². The first-order chi connectivity index (χ1) is 12.7. The summed E-state index contributed by atoms with van der Waals surface area (Å²) in [7, 11) is 1.65. The lowest BCUT2D eigenvalue weighted by molar-refractivity contribution is 0.0726. The van der Waals surface area contributed by atoms with Crippen molar-refractivity contribution in [3.8, 4) is 17.1 Å². The van der Waals surface area contributed by atoms with Crippen LogP contribution in [0.3, 0.4) is 0 Å². The second kappa shape index (κ2) is 6.71. The maximum absolute atomic E-state index is 12.7. The Kier molecular flexibility index (Phi) is 4.24. The van der Waals surface area contributed by atoms with Crippen molar-refractivity contribution in [1.29, 1.82) is 0 Å². The molecule has 1 aliphatic heterocycles. The summed E-state index contributed by atoms with van der Waals surface area (Å²) in [6.45, 7) is 3.30. The van der Waals surface area contributed by atoms with Gasteiger partial charge in [0.2, 0.25) is 0 Å². The zero-order valence-electron chi connectivity index (χ0n) is 15.0. The van der Waals surface area contributed by atoms with E-state index >= 15 is 0 Å². The van der Waals surface area contributed by atoms with Crippen molar-refractivity contribution < 1.29 is 9.53 Å². The molecule has 0 saturated carbocycles. The first kappa shape index (κ1) is 16.4. The lowest BCUT2D eigenvalue weighted by atomic mass is 10.1. The van der Waals surface area contributed by atoms with Crippen LogP contribution in [0.25, 0.3) is 11.4 Å². The van der Waals surface area contributed by atoms with E-state index in [1.807, 2.05) is 41.3 Å². The number of amides is 1. The predicted molar refractivity (Wildman–Crippen MR) is 99.2 cm³/mol. The van der Waals surface area contributed by atoms with E-state index in [0.29, 0.717) is 18.8 Å². The third-order valence-corrected chi connectivity index (χ3v) is 4.84. The Morgan fingerprint density at radius 1 is 1.19 bits per heavy atom. The monoisotopic (exact) mass is 350 g/mol. The molecule has 26 heavy (non-hydrogen) atoms. The molecular weight excluding hydrogens is 328 g/mol. The Morgan fingerprint density at radius 3 is 2.69 bits per heavy atom. The van der Waals surface area contributed by atoms with Crippen LogP contribution in [-0.4, -0.2) is 39.4 Å². The summed E-state index contributed by atoms with van der Waals surface area (Å²) >= 11 is 0. The molecule has 6 heteroatoms. The normalized spacial score (nSPS) is 13.5. The average molecular weight is 350 g/mol. The highest BCUT2D eigenvalue weighted by atomic mass is 16.5. The number of nitrogens with one attached hydrogen (secondary N) is 2. The number of H-pyrrole nitrogens is 2. The first-order valence-electron chi connectivity index (χ1n) is 8.87. The van der Waals surface area contributed by atoms with E-state index in [1.165, 1.54) is 0 Å². The molecule has 134 valence electrons. The van der Waals surface area contributed by atoms with E-state index in [9.17, 15) is 4.79 Å². The van der Waals surface area contributed by atoms with E-state index in [2.05, 4.69) is 16.9 Å². The van der Waals surface area contributed by atoms with Crippen LogP contribution in [0.5, 0.6) is 5.75 Å². The molecular formula is C20H22N4O2. The maximum Gasteiger partial charge on any atom is 0.270 e. The minimum atomic E-state index is 0.0379. The molecule has 0 unspecified atom stereocenters. The van der Waals surface area contributed by atoms with Gasteiger partial charge in [0.05, 0.1) is 25.0 Å². The van der Waals surface area contributed by atoms with E-state index in [1.54, 1.807) is 7.11 Å². The van der Waals surface area contributed by atoms with Crippen molar-refractivity contribution in [3.63, 3.8) is 0 Å². The van der Waals surface area contributed by atoms with Crippen LogP contribution in [0.15, 0.2) is 36.4 Å². The number of methoxy groups -OCH3 is 1. The van der Waals surface area contributed by atoms with Crippen molar-refractivity contribution in [2.75, 3.05) is 13.7 Å². The highest BCUT2D eigenvalue weighted by Crippen LogP contribution is 2.25. The molecule has 1 aliphatic rings. The lowest BCUT2D eigenvalue weighted by Crippen LogP contribution is -2.36. The molecule has 0 bridgehead atoms. The molecule has 1 aromatic carbocycles. The average Bonchev–Trinajstić information content (AvgIpc) is 3.33. The van der Waals surface area contributed by atoms with Crippen LogP contribution in [0.4, 0.5) is 0 Å². The molecule has 0 fully saturated rings. The summed E-state index contributed by atoms with van der Waals surface area (Å²) < 4.78 is 5.20. The molecule has 3 heterocycles. The van der Waals surface area contributed by atoms with Gasteiger partial charge < -0.3 is 19.6 Å². The summed E-state index contributed by atoms with van der Waals surface area (Å²) in [5.41, 5.74) is 4.79. The number of aromatic nitrogens is 3. The fourth-order valence-corrected chi connectivity index (χ4v) is 3.29. The van der Waals surface area contributed by atoms with Crippen molar-refractivity contribution in [1.82, 2.24) is 19.9 Å². The van der Waals surface area contributed by atoms with E-state index < -0.39 is 0 Å². The predicted octanol–water partition coefficient (Wildman–Crippen LogP) is 3.17. The number of carbonyl (C=O) groups excluding carboxylic acids is 1. The molecule has 2 N–H and O–H groups in total. The van der Waals surface area contributed by atoms with Gasteiger partial charge in [0.1, 0.15) is 17.3 Å². The Balaban J connectivity index is 1.53. The molecule has 0 spiro atoms. The van der Waals surface area contributed by atoms with Crippen molar-refractivity contribution in [2.24, 2.45) is 0 Å². The van der Waals surface area contributed by atoms with Crippen molar-refractivity contribution >= 4 is 5.91 Å². The summed E-state index contributed by atoms with van der Waals surface area (Å²) in [6.07, 6.45) is 1.65. The molecule has 6 nitrogen and oxygen atoms in total. The summed E-state index contributed by atoms with van der Waals surface area (Å²) in [4.78, 5) is 25.9. The number of hydrogen-bond donors (Lipinski definition) is 2. The number of fused-ring (bicyclic) bond motifs is 1. The maximum atomic E-state index is 12.7. The van der Waals surface area contributed by atoms with Gasteiger partial charge >= 0.3 is 0 Å². The zero-order valence-corrected chi connectivity index (χ0v) is 15.0. The fraction of sp³-hybridized carbons (Fsp3) is 0.300. The van der Waals surface area contributed by atoms with Crippen LogP contribution in [0.2, 0.25) is 0 Å². The third-order valence-electron chi connectivity index (χ3n) is 4.84. The minimum absolute atomic E-state index is 0.0379. The molecule has 4 rings (SSSR count). The Morgan fingerprint density at radius 2 is 2.00 bits per heavy atom. The van der Waals surface area contributed by atoms with Crippen LogP contribution in [0, 0.1) is 0 Å². The van der Waals surface area contributed by atoms with Gasteiger partial charge in [-0.05, 0) is 42.8 Å². The van der Waals surface area contributed by atoms with Crippen LogP contribution in [-0.2, 0) is 19.4 Å². The molecule has 2 aromatic heterocycles. The lowest BCUT2D eigenvalue weighted by Gasteiger charge is -2.25. The summed E-state index contributed by atoms with van der Waals surface area (Å²) in [5.74, 6) is 1.69. The first-order valence-corrected chi connectivity index (χ1v) is 8.87. The molecule has 0 radical (unpaired) electrons. The van der Waals surface area contributed by atoms with Gasteiger partial charge in [-0.15, -0.1) is 0 Å². The number of hydrogen-bond acceptors (Lipinski definition) is 3. The van der Waals surface area contributed by atoms with E-state index in [0.717, 1.165) is 47.1 Å². The topological polar surface area (TPSA) is 74.0 Å². The van der Waals surface area contributed by atoms with Crippen LogP contribution >= 0.6 is 0 Å². The molecule has 3 aromatic rings. The van der Waals surface area contributed by atoms with Gasteiger partial charge in [0.25, 0.3) is 5.91 Å². The van der Waals surface area contributed by atoms with Gasteiger partial charge in [-0.3, -0.25) is 4.79 Å². The number of benzene rings is 1. The molecule has 0 aliphatic carbocycles. The molecule has 1 amide bonds. The quantitative estimate of drug-likeness (QED) is 0.759. The fourth-order valence-electron chi connectivity index (χ4n) is 3.29. The van der Waals surface area contributed by atoms with Gasteiger partial charge in [-0.1, -0.05) is 6.92 Å². The second-order valence-electron chi connectivity index (χ2n) is 6.47. The minimum Gasteiger partial charge on any atom is -0.497 e. The van der Waals surface area contributed by atoms with Gasteiger partial charge in [0, 0.05) is 24.2 Å². The number of imidazole rings is 1. The van der Waals surface area contributed by atoms with Crippen molar-refractivity contribution in [3.05, 3.63) is 59.2 Å². The highest BCUT2D eigenvalue weighted by molar-refractivity contribution is 5.92. The number of nitrogens with zero attached hydrogens (tertiary/aromatic N) is 2. The van der Waals surface area contributed by atoms with E-state index in [-0.39, 0.29) is 5.91 Å². The standard InChI is InChI=1S/C20H22N4O2/c1-3-14-6-9-17(21-14)20(25)24-11-10-16-18(12-24)23-19(22-16)13-4-7-15(26-2)8-5-13/h4-9,21H,3,10-12H2,1-2H3,(H,22,23).